The molecular formula is C14H11BrN2O4. The number of aromatic nitrogens is 1. The highest BCUT2D eigenvalue weighted by molar-refractivity contribution is 9.10. The SMILES string of the molecule is O=C(COc1ncccc1C(=O)O)Nc1ccc(Br)cc1. The average Bonchev–Trinajstić information content (AvgIpc) is 2.48. The molecule has 0 unspecified atom stereocenters. The predicted molar refractivity (Wildman–Crippen MR) is 79.5 cm³/mol. The van der Waals surface area contributed by atoms with E-state index < -0.39 is 11.9 Å². The maximum atomic E-state index is 11.7. The number of nitrogens with one attached hydrogen (secondary N) is 1. The first-order valence-electron chi connectivity index (χ1n) is 5.93. The maximum Gasteiger partial charge on any atom is 0.341 e. The van der Waals surface area contributed by atoms with E-state index >= 15 is 0 Å². The fourth-order valence-electron chi connectivity index (χ4n) is 1.53. The topological polar surface area (TPSA) is 88.5 Å². The minimum atomic E-state index is -1.16. The van der Waals surface area contributed by atoms with E-state index in [0.29, 0.717) is 5.69 Å². The Morgan fingerprint density at radius 2 is 1.95 bits per heavy atom. The van der Waals surface area contributed by atoms with E-state index in [4.69, 9.17) is 9.84 Å². The normalized spacial score (nSPS) is 9.95. The Hall–Kier alpha value is -2.41. The van der Waals surface area contributed by atoms with Crippen molar-refractivity contribution in [3.8, 4) is 5.88 Å². The Kier molecular flexibility index (Phi) is 4.89. The monoisotopic (exact) mass is 350 g/mol. The molecule has 7 heteroatoms. The van der Waals surface area contributed by atoms with E-state index in [1.807, 2.05) is 0 Å². The number of carboxylic acid groups (broad SMARTS) is 1. The summed E-state index contributed by atoms with van der Waals surface area (Å²) in [7, 11) is 0. The summed E-state index contributed by atoms with van der Waals surface area (Å²) in [6.07, 6.45) is 1.40. The molecule has 1 aromatic carbocycles. The van der Waals surface area contributed by atoms with Gasteiger partial charge in [-0.15, -0.1) is 0 Å². The highest BCUT2D eigenvalue weighted by atomic mass is 79.9. The summed E-state index contributed by atoms with van der Waals surface area (Å²) < 4.78 is 6.04. The highest BCUT2D eigenvalue weighted by Crippen LogP contribution is 2.15. The lowest BCUT2D eigenvalue weighted by Gasteiger charge is -2.08. The molecule has 0 fully saturated rings. The molecule has 6 nitrogen and oxygen atoms in total. The Morgan fingerprint density at radius 3 is 2.62 bits per heavy atom. The molecule has 1 amide bonds. The predicted octanol–water partition coefficient (Wildman–Crippen LogP) is 2.56. The van der Waals surface area contributed by atoms with Crippen LogP contribution in [-0.2, 0) is 4.79 Å². The lowest BCUT2D eigenvalue weighted by molar-refractivity contribution is -0.118. The summed E-state index contributed by atoms with van der Waals surface area (Å²) in [4.78, 5) is 26.5. The molecule has 0 bridgehead atoms. The van der Waals surface area contributed by atoms with Crippen molar-refractivity contribution in [1.29, 1.82) is 0 Å². The average molecular weight is 351 g/mol. The van der Waals surface area contributed by atoms with Gasteiger partial charge in [0.15, 0.2) is 6.61 Å². The van der Waals surface area contributed by atoms with Gasteiger partial charge < -0.3 is 15.2 Å². The molecule has 2 rings (SSSR count). The second kappa shape index (κ2) is 6.85. The number of carboxylic acids is 1. The molecular weight excluding hydrogens is 340 g/mol. The van der Waals surface area contributed by atoms with Crippen LogP contribution in [-0.4, -0.2) is 28.6 Å². The molecule has 0 aliphatic carbocycles. The zero-order valence-corrected chi connectivity index (χ0v) is 12.3. The molecule has 0 radical (unpaired) electrons. The quantitative estimate of drug-likeness (QED) is 0.864. The first-order chi connectivity index (χ1) is 10.1. The van der Waals surface area contributed by atoms with Crippen LogP contribution in [0.3, 0.4) is 0 Å². The van der Waals surface area contributed by atoms with Gasteiger partial charge in [-0.2, -0.15) is 0 Å². The van der Waals surface area contributed by atoms with Crippen LogP contribution in [0.5, 0.6) is 5.88 Å². The molecule has 1 aromatic heterocycles. The van der Waals surface area contributed by atoms with Crippen LogP contribution in [0.15, 0.2) is 47.1 Å². The zero-order chi connectivity index (χ0) is 15.2. The minimum Gasteiger partial charge on any atom is -0.477 e. The molecule has 0 saturated carbocycles. The van der Waals surface area contributed by atoms with E-state index in [1.165, 1.54) is 18.3 Å². The van der Waals surface area contributed by atoms with E-state index in [9.17, 15) is 9.59 Å². The van der Waals surface area contributed by atoms with Crippen molar-refractivity contribution in [3.63, 3.8) is 0 Å². The van der Waals surface area contributed by atoms with Gasteiger partial charge in [0.2, 0.25) is 5.88 Å². The molecule has 0 spiro atoms. The lowest BCUT2D eigenvalue weighted by atomic mass is 10.3. The van der Waals surface area contributed by atoms with E-state index in [2.05, 4.69) is 26.2 Å². The van der Waals surface area contributed by atoms with Crippen LogP contribution in [0.4, 0.5) is 5.69 Å². The first kappa shape index (κ1) is 15.0. The van der Waals surface area contributed by atoms with Crippen molar-refractivity contribution in [2.45, 2.75) is 0 Å². The molecule has 1 heterocycles. The largest absolute Gasteiger partial charge is 0.477 e. The third-order valence-corrected chi connectivity index (χ3v) is 3.00. The number of amides is 1. The Balaban J connectivity index is 1.95. The number of ether oxygens (including phenoxy) is 1. The van der Waals surface area contributed by atoms with E-state index in [0.717, 1.165) is 4.47 Å². The van der Waals surface area contributed by atoms with Crippen LogP contribution in [0, 0.1) is 0 Å². The van der Waals surface area contributed by atoms with Gasteiger partial charge in [0.1, 0.15) is 5.56 Å². The summed E-state index contributed by atoms with van der Waals surface area (Å²) >= 11 is 3.29. The Morgan fingerprint density at radius 1 is 1.24 bits per heavy atom. The molecule has 2 aromatic rings. The molecule has 0 atom stereocenters. The van der Waals surface area contributed by atoms with Gasteiger partial charge in [-0.05, 0) is 36.4 Å². The van der Waals surface area contributed by atoms with Crippen molar-refractivity contribution in [2.24, 2.45) is 0 Å². The van der Waals surface area contributed by atoms with Crippen LogP contribution < -0.4 is 10.1 Å². The number of pyridine rings is 1. The molecule has 2 N–H and O–H groups in total. The third kappa shape index (κ3) is 4.28. The Bertz CT molecular complexity index is 658. The first-order valence-corrected chi connectivity index (χ1v) is 6.72. The summed E-state index contributed by atoms with van der Waals surface area (Å²) in [5.41, 5.74) is 0.528. The summed E-state index contributed by atoms with van der Waals surface area (Å²) in [6.45, 7) is -0.326. The van der Waals surface area contributed by atoms with Crippen molar-refractivity contribution in [3.05, 3.63) is 52.6 Å². The van der Waals surface area contributed by atoms with Gasteiger partial charge in [0, 0.05) is 16.4 Å². The van der Waals surface area contributed by atoms with Crippen molar-refractivity contribution >= 4 is 33.5 Å². The molecule has 0 aliphatic rings. The number of anilines is 1. The number of carbonyl (C=O) groups excluding carboxylic acids is 1. The second-order valence-corrected chi connectivity index (χ2v) is 4.92. The molecule has 108 valence electrons. The smallest absolute Gasteiger partial charge is 0.341 e. The van der Waals surface area contributed by atoms with Crippen molar-refractivity contribution < 1.29 is 19.4 Å². The van der Waals surface area contributed by atoms with Crippen LogP contribution in [0.1, 0.15) is 10.4 Å². The van der Waals surface area contributed by atoms with Gasteiger partial charge >= 0.3 is 5.97 Å². The number of carbonyl (C=O) groups is 2. The van der Waals surface area contributed by atoms with Gasteiger partial charge in [0.25, 0.3) is 5.91 Å². The fourth-order valence-corrected chi connectivity index (χ4v) is 1.80. The molecule has 0 saturated heterocycles. The molecule has 0 aliphatic heterocycles. The van der Waals surface area contributed by atoms with Gasteiger partial charge in [0.05, 0.1) is 0 Å². The van der Waals surface area contributed by atoms with E-state index in [-0.39, 0.29) is 18.1 Å². The lowest BCUT2D eigenvalue weighted by Crippen LogP contribution is -2.21. The number of aromatic carboxylic acids is 1. The van der Waals surface area contributed by atoms with Crippen molar-refractivity contribution in [1.82, 2.24) is 4.98 Å². The van der Waals surface area contributed by atoms with Crippen LogP contribution in [0.2, 0.25) is 0 Å². The summed E-state index contributed by atoms with van der Waals surface area (Å²) in [6, 6.07) is 9.88. The maximum absolute atomic E-state index is 11.7. The highest BCUT2D eigenvalue weighted by Gasteiger charge is 2.13. The number of hydrogen-bond acceptors (Lipinski definition) is 4. The second-order valence-electron chi connectivity index (χ2n) is 4.01. The third-order valence-electron chi connectivity index (χ3n) is 2.47. The van der Waals surface area contributed by atoms with E-state index in [1.54, 1.807) is 24.3 Å². The minimum absolute atomic E-state index is 0.0871. The number of benzene rings is 1. The van der Waals surface area contributed by atoms with Gasteiger partial charge in [-0.25, -0.2) is 9.78 Å². The van der Waals surface area contributed by atoms with Gasteiger partial charge in [-0.1, -0.05) is 15.9 Å². The van der Waals surface area contributed by atoms with Crippen molar-refractivity contribution in [2.75, 3.05) is 11.9 Å². The summed E-state index contributed by atoms with van der Waals surface area (Å²) in [5.74, 6) is -1.65. The standard InChI is InChI=1S/C14H11BrN2O4/c15-9-3-5-10(6-4-9)17-12(18)8-21-13-11(14(19)20)2-1-7-16-13/h1-7H,8H2,(H,17,18)(H,19,20). The number of hydrogen-bond donors (Lipinski definition) is 2. The fraction of sp³-hybridized carbons (Fsp3) is 0.0714. The number of halogens is 1. The number of nitrogens with zero attached hydrogens (tertiary/aromatic N) is 1. The van der Waals surface area contributed by atoms with Crippen LogP contribution in [0.25, 0.3) is 0 Å². The van der Waals surface area contributed by atoms with Gasteiger partial charge in [-0.3, -0.25) is 4.79 Å². The zero-order valence-electron chi connectivity index (χ0n) is 10.7. The summed E-state index contributed by atoms with van der Waals surface area (Å²) in [5, 5.41) is 11.6. The molecule has 21 heavy (non-hydrogen) atoms. The van der Waals surface area contributed by atoms with Crippen LogP contribution >= 0.6 is 15.9 Å². The number of rotatable bonds is 5. The Labute approximate surface area is 128 Å².